The molecule has 0 radical (unpaired) electrons. The van der Waals surface area contributed by atoms with Crippen molar-refractivity contribution in [2.24, 2.45) is 5.92 Å². The number of nitrogens with zero attached hydrogens (tertiary/aromatic N) is 3. The Labute approximate surface area is 193 Å². The first-order valence-electron chi connectivity index (χ1n) is 11.0. The maximum atomic E-state index is 13.3. The number of aromatic amines is 1. The molecule has 2 amide bonds. The van der Waals surface area contributed by atoms with E-state index in [1.807, 2.05) is 24.3 Å². The van der Waals surface area contributed by atoms with E-state index in [-0.39, 0.29) is 17.7 Å². The molecule has 0 saturated carbocycles. The zero-order chi connectivity index (χ0) is 23.2. The molecule has 4 rings (SSSR count). The average molecular weight is 445 g/mol. The van der Waals surface area contributed by atoms with Crippen LogP contribution in [-0.2, 0) is 11.2 Å². The molecule has 1 N–H and O–H groups in total. The van der Waals surface area contributed by atoms with Crippen LogP contribution in [0.25, 0.3) is 11.1 Å². The fourth-order valence-electron chi connectivity index (χ4n) is 4.17. The van der Waals surface area contributed by atoms with E-state index in [0.717, 1.165) is 22.4 Å². The Kier molecular flexibility index (Phi) is 6.88. The minimum absolute atomic E-state index is 0.0500. The van der Waals surface area contributed by atoms with Gasteiger partial charge in [0.1, 0.15) is 11.4 Å². The van der Waals surface area contributed by atoms with Gasteiger partial charge in [-0.15, -0.1) is 6.58 Å². The zero-order valence-electron chi connectivity index (χ0n) is 18.7. The Morgan fingerprint density at radius 3 is 2.42 bits per heavy atom. The quantitative estimate of drug-likeness (QED) is 0.567. The maximum Gasteiger partial charge on any atom is 0.271 e. The molecule has 0 spiro atoms. The van der Waals surface area contributed by atoms with Gasteiger partial charge >= 0.3 is 0 Å². The molecule has 7 heteroatoms. The lowest BCUT2D eigenvalue weighted by Crippen LogP contribution is -2.38. The second-order valence-electron chi connectivity index (χ2n) is 8.12. The first-order chi connectivity index (χ1) is 16.1. The Morgan fingerprint density at radius 2 is 1.82 bits per heavy atom. The third-order valence-corrected chi connectivity index (χ3v) is 5.97. The third-order valence-electron chi connectivity index (χ3n) is 5.97. The lowest BCUT2D eigenvalue weighted by molar-refractivity contribution is -0.134. The van der Waals surface area contributed by atoms with E-state index >= 15 is 0 Å². The molecule has 170 valence electrons. The molecule has 0 bridgehead atoms. The van der Waals surface area contributed by atoms with Crippen molar-refractivity contribution in [1.29, 1.82) is 0 Å². The summed E-state index contributed by atoms with van der Waals surface area (Å²) in [4.78, 5) is 29.7. The number of ether oxygens (including phenoxy) is 1. The average Bonchev–Trinajstić information content (AvgIpc) is 3.35. The van der Waals surface area contributed by atoms with Gasteiger partial charge in [-0.1, -0.05) is 42.5 Å². The summed E-state index contributed by atoms with van der Waals surface area (Å²) in [7, 11) is 1.65. The fraction of sp³-hybridized carbons (Fsp3) is 0.269. The van der Waals surface area contributed by atoms with Crippen LogP contribution < -0.4 is 4.74 Å². The van der Waals surface area contributed by atoms with Crippen molar-refractivity contribution in [2.75, 3.05) is 33.3 Å². The Bertz CT molecular complexity index is 1090. The van der Waals surface area contributed by atoms with Crippen molar-refractivity contribution >= 4 is 11.8 Å². The largest absolute Gasteiger partial charge is 0.497 e. The van der Waals surface area contributed by atoms with Crippen LogP contribution in [0.3, 0.4) is 0 Å². The van der Waals surface area contributed by atoms with Gasteiger partial charge in [0.05, 0.1) is 13.0 Å². The fourth-order valence-corrected chi connectivity index (χ4v) is 4.17. The molecule has 1 fully saturated rings. The number of carbonyl (C=O) groups excluding carboxylic acids is 2. The Morgan fingerprint density at radius 1 is 1.12 bits per heavy atom. The van der Waals surface area contributed by atoms with Crippen LogP contribution in [0.5, 0.6) is 5.75 Å². The molecule has 1 atom stereocenters. The summed E-state index contributed by atoms with van der Waals surface area (Å²) < 4.78 is 5.23. The number of methoxy groups -OCH3 is 1. The first kappa shape index (κ1) is 22.3. The minimum atomic E-state index is -0.328. The highest BCUT2D eigenvalue weighted by atomic mass is 16.5. The first-order valence-corrected chi connectivity index (χ1v) is 11.0. The number of hydrogen-bond donors (Lipinski definition) is 1. The predicted octanol–water partition coefficient (Wildman–Crippen LogP) is 3.41. The van der Waals surface area contributed by atoms with Gasteiger partial charge in [0.25, 0.3) is 5.91 Å². The molecule has 1 aliphatic heterocycles. The summed E-state index contributed by atoms with van der Waals surface area (Å²) in [5, 5.41) is 6.61. The van der Waals surface area contributed by atoms with Crippen LogP contribution in [0.2, 0.25) is 0 Å². The van der Waals surface area contributed by atoms with Gasteiger partial charge in [0, 0.05) is 32.4 Å². The molecule has 2 heterocycles. The molecule has 1 aromatic heterocycles. The van der Waals surface area contributed by atoms with E-state index in [1.54, 1.807) is 35.2 Å². The number of benzene rings is 2. The van der Waals surface area contributed by atoms with Gasteiger partial charge < -0.3 is 14.5 Å². The number of rotatable bonds is 7. The molecule has 1 aliphatic rings. The summed E-state index contributed by atoms with van der Waals surface area (Å²) in [5.41, 5.74) is 3.68. The molecule has 33 heavy (non-hydrogen) atoms. The molecular weight excluding hydrogens is 416 g/mol. The van der Waals surface area contributed by atoms with E-state index in [9.17, 15) is 9.59 Å². The highest BCUT2D eigenvalue weighted by Gasteiger charge is 2.32. The summed E-state index contributed by atoms with van der Waals surface area (Å²) in [6.07, 6.45) is 3.84. The number of aromatic nitrogens is 2. The lowest BCUT2D eigenvalue weighted by atomic mass is 9.95. The van der Waals surface area contributed by atoms with Crippen molar-refractivity contribution in [3.8, 4) is 16.9 Å². The SMILES string of the molecule is C=CCN1CCN(C(=O)c2ccn[nH]2)C[C@@H](Cc2ccc(-c3ccc(OC)cc3)cc2)C1=O. The summed E-state index contributed by atoms with van der Waals surface area (Å²) in [5.74, 6) is 0.404. The van der Waals surface area contributed by atoms with Crippen LogP contribution >= 0.6 is 0 Å². The van der Waals surface area contributed by atoms with Gasteiger partial charge in [-0.25, -0.2) is 0 Å². The lowest BCUT2D eigenvalue weighted by Gasteiger charge is -2.23. The van der Waals surface area contributed by atoms with Crippen LogP contribution in [0, 0.1) is 5.92 Å². The van der Waals surface area contributed by atoms with Gasteiger partial charge in [-0.3, -0.25) is 14.7 Å². The van der Waals surface area contributed by atoms with Crippen molar-refractivity contribution in [2.45, 2.75) is 6.42 Å². The highest BCUT2D eigenvalue weighted by molar-refractivity contribution is 5.93. The van der Waals surface area contributed by atoms with Crippen LogP contribution in [0.1, 0.15) is 16.1 Å². The van der Waals surface area contributed by atoms with Crippen LogP contribution in [-0.4, -0.2) is 65.1 Å². The molecule has 0 aliphatic carbocycles. The van der Waals surface area contributed by atoms with Gasteiger partial charge in [-0.2, -0.15) is 5.10 Å². The zero-order valence-corrected chi connectivity index (χ0v) is 18.7. The van der Waals surface area contributed by atoms with Crippen molar-refractivity contribution < 1.29 is 14.3 Å². The summed E-state index contributed by atoms with van der Waals surface area (Å²) in [6, 6.07) is 17.8. The standard InChI is InChI=1S/C26H28N4O3/c1-3-14-29-15-16-30(26(32)24-12-13-27-28-24)18-22(25(29)31)17-19-4-6-20(7-5-19)21-8-10-23(33-2)11-9-21/h3-13,22H,1,14-18H2,2H3,(H,27,28)/t22-/m1/s1. The molecular formula is C26H28N4O3. The monoisotopic (exact) mass is 444 g/mol. The predicted molar refractivity (Wildman–Crippen MR) is 127 cm³/mol. The van der Waals surface area contributed by atoms with Gasteiger partial charge in [-0.05, 0) is 41.3 Å². The van der Waals surface area contributed by atoms with Crippen molar-refractivity contribution in [3.63, 3.8) is 0 Å². The van der Waals surface area contributed by atoms with E-state index in [2.05, 4.69) is 41.0 Å². The van der Waals surface area contributed by atoms with E-state index < -0.39 is 0 Å². The second kappa shape index (κ2) is 10.2. The minimum Gasteiger partial charge on any atom is -0.497 e. The van der Waals surface area contributed by atoms with Crippen LogP contribution in [0.15, 0.2) is 73.4 Å². The second-order valence-corrected chi connectivity index (χ2v) is 8.12. The number of amides is 2. The number of H-pyrrole nitrogens is 1. The topological polar surface area (TPSA) is 78.5 Å². The molecule has 2 aromatic carbocycles. The Balaban J connectivity index is 1.52. The van der Waals surface area contributed by atoms with E-state index in [0.29, 0.717) is 38.3 Å². The molecule has 3 aromatic rings. The van der Waals surface area contributed by atoms with Crippen molar-refractivity contribution in [1.82, 2.24) is 20.0 Å². The van der Waals surface area contributed by atoms with E-state index in [1.165, 1.54) is 0 Å². The number of hydrogen-bond acceptors (Lipinski definition) is 4. The highest BCUT2D eigenvalue weighted by Crippen LogP contribution is 2.24. The van der Waals surface area contributed by atoms with Crippen LogP contribution in [0.4, 0.5) is 0 Å². The summed E-state index contributed by atoms with van der Waals surface area (Å²) in [6.45, 7) is 5.57. The molecule has 7 nitrogen and oxygen atoms in total. The number of nitrogens with one attached hydrogen (secondary N) is 1. The summed E-state index contributed by atoms with van der Waals surface area (Å²) >= 11 is 0. The molecule has 0 unspecified atom stereocenters. The van der Waals surface area contributed by atoms with Gasteiger partial charge in [0.15, 0.2) is 0 Å². The van der Waals surface area contributed by atoms with Crippen molar-refractivity contribution in [3.05, 3.63) is 84.7 Å². The van der Waals surface area contributed by atoms with E-state index in [4.69, 9.17) is 4.74 Å². The number of carbonyl (C=O) groups is 2. The normalized spacial score (nSPS) is 16.4. The third kappa shape index (κ3) is 5.14. The van der Waals surface area contributed by atoms with Gasteiger partial charge in [0.2, 0.25) is 5.91 Å². The smallest absolute Gasteiger partial charge is 0.271 e. The Hall–Kier alpha value is -3.87. The molecule has 1 saturated heterocycles. The maximum absolute atomic E-state index is 13.3.